The number of carbonyl (C=O) groups excluding carboxylic acids is 2. The van der Waals surface area contributed by atoms with E-state index in [1.54, 1.807) is 18.5 Å². The molecule has 0 fully saturated rings. The second-order valence-corrected chi connectivity index (χ2v) is 8.90. The van der Waals surface area contributed by atoms with Crippen molar-refractivity contribution >= 4 is 35.0 Å². The van der Waals surface area contributed by atoms with E-state index in [9.17, 15) is 9.59 Å². The van der Waals surface area contributed by atoms with E-state index >= 15 is 0 Å². The zero-order valence-corrected chi connectivity index (χ0v) is 19.6. The van der Waals surface area contributed by atoms with E-state index in [4.69, 9.17) is 0 Å². The van der Waals surface area contributed by atoms with E-state index in [1.807, 2.05) is 85.8 Å². The summed E-state index contributed by atoms with van der Waals surface area (Å²) in [6, 6.07) is 26.8. The monoisotopic (exact) mass is 467 g/mol. The lowest BCUT2D eigenvalue weighted by atomic mass is 10.1. The molecule has 1 heterocycles. The third kappa shape index (κ3) is 6.56. The Morgan fingerprint density at radius 2 is 1.38 bits per heavy atom. The minimum atomic E-state index is -0.205. The Morgan fingerprint density at radius 1 is 0.765 bits per heavy atom. The number of nitrogens with one attached hydrogen (secondary N) is 2. The Morgan fingerprint density at radius 3 is 2.12 bits per heavy atom. The Labute approximate surface area is 203 Å². The summed E-state index contributed by atoms with van der Waals surface area (Å²) in [6.45, 7) is 2.00. The molecule has 4 aromatic rings. The highest BCUT2D eigenvalue weighted by Gasteiger charge is 2.13. The number of aromatic nitrogens is 1. The van der Waals surface area contributed by atoms with Gasteiger partial charge >= 0.3 is 0 Å². The van der Waals surface area contributed by atoms with Crippen LogP contribution in [0.2, 0.25) is 0 Å². The lowest BCUT2D eigenvalue weighted by Gasteiger charge is -2.11. The topological polar surface area (TPSA) is 71.1 Å². The van der Waals surface area contributed by atoms with Crippen LogP contribution < -0.4 is 10.6 Å². The molecule has 0 radical (unpaired) electrons. The second-order valence-electron chi connectivity index (χ2n) is 7.88. The van der Waals surface area contributed by atoms with Gasteiger partial charge in [-0.25, -0.2) is 0 Å². The predicted molar refractivity (Wildman–Crippen MR) is 138 cm³/mol. The summed E-state index contributed by atoms with van der Waals surface area (Å²) in [5, 5.41) is 5.85. The van der Waals surface area contributed by atoms with Gasteiger partial charge in [0.1, 0.15) is 0 Å². The summed E-state index contributed by atoms with van der Waals surface area (Å²) in [6.07, 6.45) is 4.37. The van der Waals surface area contributed by atoms with E-state index in [-0.39, 0.29) is 17.6 Å². The Balaban J connectivity index is 1.35. The molecule has 5 nitrogen and oxygen atoms in total. The van der Waals surface area contributed by atoms with Crippen LogP contribution in [0.25, 0.3) is 0 Å². The fraction of sp³-hybridized carbons (Fsp3) is 0.107. The normalized spacial score (nSPS) is 10.5. The maximum atomic E-state index is 12.9. The molecule has 0 spiro atoms. The van der Waals surface area contributed by atoms with Crippen molar-refractivity contribution in [3.63, 3.8) is 0 Å². The number of thioether (sulfide) groups is 1. The predicted octanol–water partition coefficient (Wildman–Crippen LogP) is 5.96. The van der Waals surface area contributed by atoms with Crippen LogP contribution in [0.1, 0.15) is 27.0 Å². The van der Waals surface area contributed by atoms with Crippen molar-refractivity contribution in [2.24, 2.45) is 0 Å². The molecule has 2 N–H and O–H groups in total. The number of pyridine rings is 1. The van der Waals surface area contributed by atoms with Crippen molar-refractivity contribution in [1.82, 2.24) is 4.98 Å². The summed E-state index contributed by atoms with van der Waals surface area (Å²) < 4.78 is 0. The highest BCUT2D eigenvalue weighted by Crippen LogP contribution is 2.24. The van der Waals surface area contributed by atoms with Crippen molar-refractivity contribution < 1.29 is 9.59 Å². The number of aryl methyl sites for hydroxylation is 1. The number of hydrogen-bond donors (Lipinski definition) is 2. The van der Waals surface area contributed by atoms with Gasteiger partial charge in [0.05, 0.1) is 11.3 Å². The minimum absolute atomic E-state index is 0.117. The second kappa shape index (κ2) is 11.3. The zero-order chi connectivity index (χ0) is 23.8. The molecule has 0 saturated heterocycles. The standard InChI is InChI=1S/C28H25N3O2S/c1-20-6-10-23(11-7-20)30-27(32)19-34-26-5-3-2-4-25(26)28(33)31-24-12-8-21(9-13-24)18-22-14-16-29-17-15-22/h2-17H,18-19H2,1H3,(H,30,32)(H,31,33). The van der Waals surface area contributed by atoms with Crippen LogP contribution in [0, 0.1) is 6.92 Å². The van der Waals surface area contributed by atoms with E-state index in [2.05, 4.69) is 15.6 Å². The summed E-state index contributed by atoms with van der Waals surface area (Å²) in [7, 11) is 0. The number of carbonyl (C=O) groups is 2. The summed E-state index contributed by atoms with van der Waals surface area (Å²) >= 11 is 1.34. The molecule has 0 aliphatic rings. The van der Waals surface area contributed by atoms with Crippen LogP contribution in [0.15, 0.2) is 102 Å². The molecule has 0 unspecified atom stereocenters. The number of benzene rings is 3. The Bertz CT molecular complexity index is 1260. The Kier molecular flexibility index (Phi) is 7.73. The van der Waals surface area contributed by atoms with Gasteiger partial charge in [-0.1, -0.05) is 42.0 Å². The smallest absolute Gasteiger partial charge is 0.256 e. The van der Waals surface area contributed by atoms with Gasteiger partial charge in [0.25, 0.3) is 5.91 Å². The van der Waals surface area contributed by atoms with Gasteiger partial charge in [-0.2, -0.15) is 0 Å². The number of amides is 2. The molecule has 170 valence electrons. The van der Waals surface area contributed by atoms with Gasteiger partial charge in [0.2, 0.25) is 5.91 Å². The Hall–Kier alpha value is -3.90. The van der Waals surface area contributed by atoms with Gasteiger partial charge < -0.3 is 10.6 Å². The molecule has 34 heavy (non-hydrogen) atoms. The molecular weight excluding hydrogens is 442 g/mol. The summed E-state index contributed by atoms with van der Waals surface area (Å²) in [5.41, 5.74) is 5.49. The molecule has 0 atom stereocenters. The maximum absolute atomic E-state index is 12.9. The van der Waals surface area contributed by atoms with Crippen molar-refractivity contribution in [2.45, 2.75) is 18.2 Å². The summed E-state index contributed by atoms with van der Waals surface area (Å²) in [4.78, 5) is 30.1. The lowest BCUT2D eigenvalue weighted by molar-refractivity contribution is -0.113. The third-order valence-corrected chi connectivity index (χ3v) is 6.27. The van der Waals surface area contributed by atoms with E-state index in [0.717, 1.165) is 33.8 Å². The first kappa shape index (κ1) is 23.3. The van der Waals surface area contributed by atoms with Crippen LogP contribution in [-0.4, -0.2) is 22.6 Å². The lowest BCUT2D eigenvalue weighted by Crippen LogP contribution is -2.16. The van der Waals surface area contributed by atoms with E-state index < -0.39 is 0 Å². The highest BCUT2D eigenvalue weighted by atomic mass is 32.2. The molecule has 0 saturated carbocycles. The van der Waals surface area contributed by atoms with Crippen molar-refractivity contribution in [3.05, 3.63) is 120 Å². The number of rotatable bonds is 8. The molecule has 0 aliphatic carbocycles. The van der Waals surface area contributed by atoms with Crippen LogP contribution in [0.4, 0.5) is 11.4 Å². The fourth-order valence-corrected chi connectivity index (χ4v) is 4.25. The highest BCUT2D eigenvalue weighted by molar-refractivity contribution is 8.00. The molecule has 1 aromatic heterocycles. The van der Waals surface area contributed by atoms with Crippen LogP contribution in [0.3, 0.4) is 0 Å². The number of anilines is 2. The first-order valence-electron chi connectivity index (χ1n) is 10.9. The van der Waals surface area contributed by atoms with Gasteiger partial charge in [0.15, 0.2) is 0 Å². The van der Waals surface area contributed by atoms with E-state index in [1.165, 1.54) is 17.3 Å². The average molecular weight is 468 g/mol. The summed E-state index contributed by atoms with van der Waals surface area (Å²) in [5.74, 6) is -0.111. The SMILES string of the molecule is Cc1ccc(NC(=O)CSc2ccccc2C(=O)Nc2ccc(Cc3ccncc3)cc2)cc1. The quantitative estimate of drug-likeness (QED) is 0.314. The molecule has 3 aromatic carbocycles. The van der Waals surface area contributed by atoms with Crippen LogP contribution >= 0.6 is 11.8 Å². The van der Waals surface area contributed by atoms with Gasteiger partial charge in [0, 0.05) is 28.7 Å². The molecule has 0 aliphatic heterocycles. The number of nitrogens with zero attached hydrogens (tertiary/aromatic N) is 1. The van der Waals surface area contributed by atoms with E-state index in [0.29, 0.717) is 5.56 Å². The molecule has 0 bridgehead atoms. The third-order valence-electron chi connectivity index (χ3n) is 5.20. The first-order chi connectivity index (χ1) is 16.6. The molecule has 4 rings (SSSR count). The molecular formula is C28H25N3O2S. The van der Waals surface area contributed by atoms with Crippen LogP contribution in [-0.2, 0) is 11.2 Å². The van der Waals surface area contributed by atoms with Crippen molar-refractivity contribution in [2.75, 3.05) is 16.4 Å². The van der Waals surface area contributed by atoms with Crippen molar-refractivity contribution in [1.29, 1.82) is 0 Å². The largest absolute Gasteiger partial charge is 0.325 e. The number of hydrogen-bond acceptors (Lipinski definition) is 4. The van der Waals surface area contributed by atoms with Gasteiger partial charge in [-0.3, -0.25) is 14.6 Å². The minimum Gasteiger partial charge on any atom is -0.325 e. The molecule has 2 amide bonds. The van der Waals surface area contributed by atoms with Crippen LogP contribution in [0.5, 0.6) is 0 Å². The molecule has 6 heteroatoms. The van der Waals surface area contributed by atoms with Gasteiger partial charge in [-0.15, -0.1) is 11.8 Å². The first-order valence-corrected chi connectivity index (χ1v) is 11.9. The zero-order valence-electron chi connectivity index (χ0n) is 18.8. The maximum Gasteiger partial charge on any atom is 0.256 e. The van der Waals surface area contributed by atoms with Crippen molar-refractivity contribution in [3.8, 4) is 0 Å². The fourth-order valence-electron chi connectivity index (χ4n) is 3.40. The average Bonchev–Trinajstić information content (AvgIpc) is 2.86. The van der Waals surface area contributed by atoms with Gasteiger partial charge in [-0.05, 0) is 73.0 Å².